The van der Waals surface area contributed by atoms with E-state index in [1.807, 2.05) is 24.0 Å². The Morgan fingerprint density at radius 2 is 1.73 bits per heavy atom. The van der Waals surface area contributed by atoms with E-state index in [4.69, 9.17) is 22.1 Å². The minimum atomic E-state index is -0.541. The molecule has 3 aromatic carbocycles. The number of nitrogens with zero attached hydrogens (tertiary/aromatic N) is 3. The number of phenolic OH excluding ortho intramolecular Hbond substituents is 1. The Morgan fingerprint density at radius 3 is 2.43 bits per heavy atom. The Bertz CT molecular complexity index is 1440. The summed E-state index contributed by atoms with van der Waals surface area (Å²) >= 11 is 6.30. The van der Waals surface area contributed by atoms with Crippen LogP contribution in [0.2, 0.25) is 5.02 Å². The van der Waals surface area contributed by atoms with E-state index < -0.39 is 11.9 Å². The molecule has 3 aromatic rings. The molecule has 44 heavy (non-hydrogen) atoms. The van der Waals surface area contributed by atoms with E-state index in [9.17, 15) is 18.7 Å². The Morgan fingerprint density at radius 1 is 1.00 bits per heavy atom. The summed E-state index contributed by atoms with van der Waals surface area (Å²) in [5.41, 5.74) is 9.48. The molecule has 7 nitrogen and oxygen atoms in total. The molecular weight excluding hydrogens is 586 g/mol. The summed E-state index contributed by atoms with van der Waals surface area (Å²) in [5.74, 6) is -0.189. The number of nitrogens with two attached hydrogens (primary N) is 1. The molecule has 0 bridgehead atoms. The van der Waals surface area contributed by atoms with Crippen molar-refractivity contribution < 1.29 is 23.4 Å². The first-order valence-electron chi connectivity index (χ1n) is 15.4. The van der Waals surface area contributed by atoms with Crippen molar-refractivity contribution in [3.05, 3.63) is 82.4 Å². The van der Waals surface area contributed by atoms with Gasteiger partial charge in [0, 0.05) is 61.5 Å². The number of amides is 1. The third kappa shape index (κ3) is 7.69. The molecule has 0 aromatic heterocycles. The number of hydrogen-bond acceptors (Lipinski definition) is 6. The second kappa shape index (κ2) is 14.7. The van der Waals surface area contributed by atoms with Crippen LogP contribution < -0.4 is 10.5 Å². The molecule has 0 spiro atoms. The van der Waals surface area contributed by atoms with Crippen LogP contribution in [0.5, 0.6) is 11.5 Å². The van der Waals surface area contributed by atoms with E-state index in [2.05, 4.69) is 9.80 Å². The van der Waals surface area contributed by atoms with Crippen molar-refractivity contribution >= 4 is 17.5 Å². The van der Waals surface area contributed by atoms with Crippen LogP contribution in [-0.4, -0.2) is 84.2 Å². The molecule has 2 aliphatic rings. The van der Waals surface area contributed by atoms with Crippen molar-refractivity contribution in [3.8, 4) is 22.6 Å². The standard InChI is InChI=1S/C34H41ClF2N4O3/c1-2-44-32-5-3-4-30(37)29(32)22-40-16-18-41(19-17-40)34(43)33(38)23-10-13-39(14-11-23)15-12-24-20-25(35)6-8-27(24)28-9-7-26(36)21-31(28)42/h3-9,20-21,23,33,42H,2,10-19,22,38H2,1H3/t33-/m1/s1. The molecule has 0 radical (unpaired) electrons. The zero-order valence-electron chi connectivity index (χ0n) is 25.2. The van der Waals surface area contributed by atoms with Crippen molar-refractivity contribution in [1.29, 1.82) is 0 Å². The van der Waals surface area contributed by atoms with E-state index in [0.29, 0.717) is 67.7 Å². The number of benzene rings is 3. The SMILES string of the molecule is CCOc1cccc(F)c1CN1CCN(C(=O)[C@H](N)C2CCN(CCc3cc(Cl)ccc3-c3ccc(F)cc3O)CC2)CC1. The maximum atomic E-state index is 14.5. The maximum Gasteiger partial charge on any atom is 0.239 e. The van der Waals surface area contributed by atoms with Crippen LogP contribution in [-0.2, 0) is 17.8 Å². The van der Waals surface area contributed by atoms with Crippen molar-refractivity contribution in [3.63, 3.8) is 0 Å². The topological polar surface area (TPSA) is 82.3 Å². The molecule has 5 rings (SSSR count). The van der Waals surface area contributed by atoms with Crippen LogP contribution in [0.25, 0.3) is 11.1 Å². The van der Waals surface area contributed by atoms with Gasteiger partial charge < -0.3 is 25.4 Å². The highest BCUT2D eigenvalue weighted by atomic mass is 35.5. The van der Waals surface area contributed by atoms with Crippen LogP contribution in [0, 0.1) is 17.6 Å². The van der Waals surface area contributed by atoms with Gasteiger partial charge in [0.25, 0.3) is 0 Å². The fraction of sp³-hybridized carbons (Fsp3) is 0.441. The van der Waals surface area contributed by atoms with E-state index in [1.54, 1.807) is 24.3 Å². The van der Waals surface area contributed by atoms with Crippen LogP contribution in [0.1, 0.15) is 30.9 Å². The average molecular weight is 627 g/mol. The molecule has 1 atom stereocenters. The summed E-state index contributed by atoms with van der Waals surface area (Å²) in [5, 5.41) is 10.9. The molecule has 236 valence electrons. The molecule has 0 saturated carbocycles. The van der Waals surface area contributed by atoms with Gasteiger partial charge in [-0.15, -0.1) is 0 Å². The number of phenols is 1. The number of ether oxygens (including phenoxy) is 1. The minimum Gasteiger partial charge on any atom is -0.507 e. The summed E-state index contributed by atoms with van der Waals surface area (Å²) in [4.78, 5) is 19.7. The smallest absolute Gasteiger partial charge is 0.239 e. The summed E-state index contributed by atoms with van der Waals surface area (Å²) in [6.45, 7) is 7.69. The van der Waals surface area contributed by atoms with Crippen molar-refractivity contribution in [2.45, 2.75) is 38.8 Å². The Hall–Kier alpha value is -3.24. The predicted octanol–water partition coefficient (Wildman–Crippen LogP) is 5.32. The summed E-state index contributed by atoms with van der Waals surface area (Å²) < 4.78 is 33.7. The molecule has 0 unspecified atom stereocenters. The highest BCUT2D eigenvalue weighted by Gasteiger charge is 2.33. The van der Waals surface area contributed by atoms with Gasteiger partial charge in [-0.05, 0) is 92.7 Å². The Labute approximate surface area is 263 Å². The fourth-order valence-corrected chi connectivity index (χ4v) is 6.52. The number of carbonyl (C=O) groups excluding carboxylic acids is 1. The van der Waals surface area contributed by atoms with Gasteiger partial charge in [0.1, 0.15) is 23.1 Å². The second-order valence-corrected chi connectivity index (χ2v) is 12.1. The van der Waals surface area contributed by atoms with Gasteiger partial charge in [-0.25, -0.2) is 8.78 Å². The molecular formula is C34H41ClF2N4O3. The van der Waals surface area contributed by atoms with Gasteiger partial charge >= 0.3 is 0 Å². The summed E-state index contributed by atoms with van der Waals surface area (Å²) in [6, 6.07) is 13.9. The Kier molecular flexibility index (Phi) is 10.7. The van der Waals surface area contributed by atoms with Gasteiger partial charge in [-0.1, -0.05) is 23.7 Å². The molecule has 2 aliphatic heterocycles. The van der Waals surface area contributed by atoms with Crippen LogP contribution >= 0.6 is 11.6 Å². The first-order chi connectivity index (χ1) is 21.2. The summed E-state index contributed by atoms with van der Waals surface area (Å²) in [7, 11) is 0. The fourth-order valence-electron chi connectivity index (χ4n) is 6.32. The third-order valence-corrected chi connectivity index (χ3v) is 9.12. The largest absolute Gasteiger partial charge is 0.507 e. The van der Waals surface area contributed by atoms with Crippen LogP contribution in [0.3, 0.4) is 0 Å². The quantitative estimate of drug-likeness (QED) is 0.317. The number of halogens is 3. The van der Waals surface area contributed by atoms with Gasteiger partial charge in [0.15, 0.2) is 0 Å². The van der Waals surface area contributed by atoms with Crippen molar-refractivity contribution in [2.24, 2.45) is 11.7 Å². The highest BCUT2D eigenvalue weighted by Crippen LogP contribution is 2.34. The molecule has 2 heterocycles. The molecule has 1 amide bonds. The van der Waals surface area contributed by atoms with E-state index in [1.165, 1.54) is 12.1 Å². The van der Waals surface area contributed by atoms with Crippen molar-refractivity contribution in [2.75, 3.05) is 52.4 Å². The average Bonchev–Trinajstić information content (AvgIpc) is 3.02. The van der Waals surface area contributed by atoms with Gasteiger partial charge in [-0.3, -0.25) is 9.69 Å². The predicted molar refractivity (Wildman–Crippen MR) is 169 cm³/mol. The monoisotopic (exact) mass is 626 g/mol. The second-order valence-electron chi connectivity index (χ2n) is 11.7. The lowest BCUT2D eigenvalue weighted by Crippen LogP contribution is -2.55. The maximum absolute atomic E-state index is 14.5. The van der Waals surface area contributed by atoms with Gasteiger partial charge in [0.2, 0.25) is 5.91 Å². The molecule has 2 fully saturated rings. The summed E-state index contributed by atoms with van der Waals surface area (Å²) in [6.07, 6.45) is 2.38. The highest BCUT2D eigenvalue weighted by molar-refractivity contribution is 6.30. The van der Waals surface area contributed by atoms with Gasteiger partial charge in [-0.2, -0.15) is 0 Å². The molecule has 10 heteroatoms. The molecule has 0 aliphatic carbocycles. The lowest BCUT2D eigenvalue weighted by molar-refractivity contribution is -0.136. The number of aromatic hydroxyl groups is 1. The minimum absolute atomic E-state index is 0.00771. The number of rotatable bonds is 10. The lowest BCUT2D eigenvalue weighted by Gasteiger charge is -2.39. The normalized spacial score (nSPS) is 17.5. The first-order valence-corrected chi connectivity index (χ1v) is 15.8. The Balaban J connectivity index is 1.10. The molecule has 3 N–H and O–H groups in total. The van der Waals surface area contributed by atoms with E-state index >= 15 is 0 Å². The van der Waals surface area contributed by atoms with Gasteiger partial charge in [0.05, 0.1) is 12.6 Å². The zero-order chi connectivity index (χ0) is 31.2. The third-order valence-electron chi connectivity index (χ3n) is 8.88. The first kappa shape index (κ1) is 32.2. The number of piperidine rings is 1. The van der Waals surface area contributed by atoms with Crippen molar-refractivity contribution in [1.82, 2.24) is 14.7 Å². The number of hydrogen-bond donors (Lipinski definition) is 2. The van der Waals surface area contributed by atoms with E-state index in [-0.39, 0.29) is 23.4 Å². The number of carbonyl (C=O) groups is 1. The number of piperazine rings is 1. The van der Waals surface area contributed by atoms with E-state index in [0.717, 1.165) is 49.7 Å². The zero-order valence-corrected chi connectivity index (χ0v) is 25.9. The van der Waals surface area contributed by atoms with Crippen LogP contribution in [0.4, 0.5) is 8.78 Å². The lowest BCUT2D eigenvalue weighted by atomic mass is 9.88. The van der Waals surface area contributed by atoms with Crippen LogP contribution in [0.15, 0.2) is 54.6 Å². The number of likely N-dealkylation sites (tertiary alicyclic amines) is 1. The molecule has 2 saturated heterocycles.